The van der Waals surface area contributed by atoms with Gasteiger partial charge in [0.15, 0.2) is 0 Å². The van der Waals surface area contributed by atoms with Gasteiger partial charge in [0.05, 0.1) is 7.11 Å². The van der Waals surface area contributed by atoms with Crippen LogP contribution in [0.4, 0.5) is 4.79 Å². The first-order valence-corrected chi connectivity index (χ1v) is 14.1. The standard InChI is InChI=1S/C33H39N3O7/c1-22(2)19-26(35-33(41)43-21-24-15-9-5-10-16-24)30(38)36-28(29(37)25-17-11-6-12-18-25)31(39)34-27(32(40)42-3)20-23-13-7-4-8-14-23/h4-18,22,26-29,37H,19-21H2,1-3H3,(H,34,39)(H,35,41)(H,36,38)/t26-,27-,28+,29-/m0/s1. The van der Waals surface area contributed by atoms with Crippen LogP contribution in [0.5, 0.6) is 0 Å². The summed E-state index contributed by atoms with van der Waals surface area (Å²) >= 11 is 0. The summed E-state index contributed by atoms with van der Waals surface area (Å²) in [6.07, 6.45) is -1.90. The van der Waals surface area contributed by atoms with Gasteiger partial charge >= 0.3 is 12.1 Å². The maximum absolute atomic E-state index is 13.6. The number of hydrogen-bond donors (Lipinski definition) is 4. The number of nitrogens with one attached hydrogen (secondary N) is 3. The highest BCUT2D eigenvalue weighted by Crippen LogP contribution is 2.18. The Morgan fingerprint density at radius 3 is 1.84 bits per heavy atom. The Bertz CT molecular complexity index is 1320. The first-order valence-electron chi connectivity index (χ1n) is 14.1. The van der Waals surface area contributed by atoms with Crippen LogP contribution in [0.1, 0.15) is 43.1 Å². The molecule has 0 aliphatic heterocycles. The predicted molar refractivity (Wildman–Crippen MR) is 160 cm³/mol. The highest BCUT2D eigenvalue weighted by atomic mass is 16.5. The summed E-state index contributed by atoms with van der Waals surface area (Å²) in [5.74, 6) is -2.19. The molecule has 10 heteroatoms. The van der Waals surface area contributed by atoms with Crippen molar-refractivity contribution in [3.63, 3.8) is 0 Å². The van der Waals surface area contributed by atoms with Crippen LogP contribution in [0.15, 0.2) is 91.0 Å². The molecule has 4 N–H and O–H groups in total. The van der Waals surface area contributed by atoms with Crippen molar-refractivity contribution in [2.24, 2.45) is 5.92 Å². The largest absolute Gasteiger partial charge is 0.467 e. The molecular formula is C33H39N3O7. The molecule has 0 spiro atoms. The molecule has 0 fully saturated rings. The third kappa shape index (κ3) is 10.6. The van der Waals surface area contributed by atoms with Gasteiger partial charge in [0.2, 0.25) is 11.8 Å². The number of ether oxygens (including phenoxy) is 2. The highest BCUT2D eigenvalue weighted by molar-refractivity contribution is 5.93. The summed E-state index contributed by atoms with van der Waals surface area (Å²) in [6.45, 7) is 3.77. The van der Waals surface area contributed by atoms with Gasteiger partial charge in [0.25, 0.3) is 0 Å². The monoisotopic (exact) mass is 589 g/mol. The Labute approximate surface area is 251 Å². The Hall–Kier alpha value is -4.70. The van der Waals surface area contributed by atoms with Crippen LogP contribution < -0.4 is 16.0 Å². The Kier molecular flexibility index (Phi) is 12.7. The van der Waals surface area contributed by atoms with Crippen molar-refractivity contribution < 1.29 is 33.8 Å². The summed E-state index contributed by atoms with van der Waals surface area (Å²) in [5, 5.41) is 19.1. The molecule has 3 aromatic rings. The summed E-state index contributed by atoms with van der Waals surface area (Å²) in [5.41, 5.74) is 1.93. The van der Waals surface area contributed by atoms with Gasteiger partial charge in [-0.25, -0.2) is 9.59 Å². The average molecular weight is 590 g/mol. The summed E-state index contributed by atoms with van der Waals surface area (Å²) < 4.78 is 10.2. The number of hydrogen-bond acceptors (Lipinski definition) is 7. The number of esters is 1. The topological polar surface area (TPSA) is 143 Å². The number of aliphatic hydroxyl groups is 1. The number of benzene rings is 3. The molecule has 0 aromatic heterocycles. The molecule has 10 nitrogen and oxygen atoms in total. The Morgan fingerprint density at radius 2 is 1.28 bits per heavy atom. The van der Waals surface area contributed by atoms with E-state index in [4.69, 9.17) is 9.47 Å². The lowest BCUT2D eigenvalue weighted by atomic mass is 9.98. The fourth-order valence-electron chi connectivity index (χ4n) is 4.44. The third-order valence-corrected chi connectivity index (χ3v) is 6.65. The van der Waals surface area contributed by atoms with E-state index in [1.54, 1.807) is 66.7 Å². The van der Waals surface area contributed by atoms with Gasteiger partial charge in [-0.1, -0.05) is 105 Å². The molecule has 0 heterocycles. The molecule has 3 amide bonds. The smallest absolute Gasteiger partial charge is 0.408 e. The number of rotatable bonds is 14. The number of methoxy groups -OCH3 is 1. The molecule has 3 rings (SSSR count). The zero-order chi connectivity index (χ0) is 31.2. The second-order valence-electron chi connectivity index (χ2n) is 10.5. The molecule has 0 aliphatic carbocycles. The van der Waals surface area contributed by atoms with Crippen LogP contribution in [0, 0.1) is 5.92 Å². The van der Waals surface area contributed by atoms with E-state index in [9.17, 15) is 24.3 Å². The van der Waals surface area contributed by atoms with Crippen LogP contribution in [0.2, 0.25) is 0 Å². The van der Waals surface area contributed by atoms with Crippen LogP contribution in [-0.4, -0.2) is 54.2 Å². The minimum absolute atomic E-state index is 0.00826. The maximum atomic E-state index is 13.6. The Morgan fingerprint density at radius 1 is 0.721 bits per heavy atom. The minimum Gasteiger partial charge on any atom is -0.467 e. The molecule has 0 aliphatic rings. The summed E-state index contributed by atoms with van der Waals surface area (Å²) in [6, 6.07) is 22.8. The lowest BCUT2D eigenvalue weighted by Crippen LogP contribution is -2.58. The molecule has 43 heavy (non-hydrogen) atoms. The van der Waals surface area contributed by atoms with Gasteiger partial charge in [-0.3, -0.25) is 9.59 Å². The Balaban J connectivity index is 1.80. The van der Waals surface area contributed by atoms with E-state index in [-0.39, 0.29) is 25.4 Å². The third-order valence-electron chi connectivity index (χ3n) is 6.65. The second-order valence-corrected chi connectivity index (χ2v) is 10.5. The number of carbonyl (C=O) groups is 4. The molecular weight excluding hydrogens is 550 g/mol. The van der Waals surface area contributed by atoms with Gasteiger partial charge in [0, 0.05) is 6.42 Å². The molecule has 0 radical (unpaired) electrons. The predicted octanol–water partition coefficient (Wildman–Crippen LogP) is 3.45. The van der Waals surface area contributed by atoms with Crippen molar-refractivity contribution in [3.05, 3.63) is 108 Å². The average Bonchev–Trinajstić information content (AvgIpc) is 3.02. The van der Waals surface area contributed by atoms with Crippen LogP contribution in [0.3, 0.4) is 0 Å². The molecule has 0 saturated heterocycles. The molecule has 4 atom stereocenters. The zero-order valence-corrected chi connectivity index (χ0v) is 24.6. The SMILES string of the molecule is COC(=O)[C@H](Cc1ccccc1)NC(=O)[C@H](NC(=O)[C@H](CC(C)C)NC(=O)OCc1ccccc1)[C@@H](O)c1ccccc1. The zero-order valence-electron chi connectivity index (χ0n) is 24.6. The fraction of sp³-hybridized carbons (Fsp3) is 0.333. The molecule has 0 saturated carbocycles. The lowest BCUT2D eigenvalue weighted by Gasteiger charge is -2.28. The van der Waals surface area contributed by atoms with Crippen molar-refractivity contribution in [3.8, 4) is 0 Å². The number of carbonyl (C=O) groups excluding carboxylic acids is 4. The van der Waals surface area contributed by atoms with Crippen molar-refractivity contribution in [1.82, 2.24) is 16.0 Å². The van der Waals surface area contributed by atoms with Gasteiger partial charge < -0.3 is 30.5 Å². The van der Waals surface area contributed by atoms with E-state index < -0.39 is 48.1 Å². The van der Waals surface area contributed by atoms with Crippen molar-refractivity contribution in [2.75, 3.05) is 7.11 Å². The van der Waals surface area contributed by atoms with Gasteiger partial charge in [-0.2, -0.15) is 0 Å². The summed E-state index contributed by atoms with van der Waals surface area (Å²) in [4.78, 5) is 52.4. The summed E-state index contributed by atoms with van der Waals surface area (Å²) in [7, 11) is 1.21. The number of aliphatic hydroxyl groups excluding tert-OH is 1. The van der Waals surface area contributed by atoms with Gasteiger partial charge in [-0.15, -0.1) is 0 Å². The first kappa shape index (κ1) is 32.8. The number of alkyl carbamates (subject to hydrolysis) is 1. The van der Waals surface area contributed by atoms with Crippen LogP contribution >= 0.6 is 0 Å². The minimum atomic E-state index is -1.50. The van der Waals surface area contributed by atoms with Crippen LogP contribution in [0.25, 0.3) is 0 Å². The normalized spacial score (nSPS) is 13.6. The van der Waals surface area contributed by atoms with Crippen LogP contribution in [-0.2, 0) is 36.9 Å². The second kappa shape index (κ2) is 16.7. The molecule has 3 aromatic carbocycles. The van der Waals surface area contributed by atoms with E-state index in [2.05, 4.69) is 16.0 Å². The van der Waals surface area contributed by atoms with E-state index in [0.29, 0.717) is 5.56 Å². The van der Waals surface area contributed by atoms with Crippen molar-refractivity contribution >= 4 is 23.9 Å². The quantitative estimate of drug-likeness (QED) is 0.211. The van der Waals surface area contributed by atoms with Crippen molar-refractivity contribution in [2.45, 2.75) is 57.5 Å². The highest BCUT2D eigenvalue weighted by Gasteiger charge is 2.35. The van der Waals surface area contributed by atoms with Gasteiger partial charge in [0.1, 0.15) is 30.8 Å². The maximum Gasteiger partial charge on any atom is 0.408 e. The number of amides is 3. The van der Waals surface area contributed by atoms with E-state index in [1.807, 2.05) is 38.1 Å². The fourth-order valence-corrected chi connectivity index (χ4v) is 4.44. The van der Waals surface area contributed by atoms with E-state index >= 15 is 0 Å². The lowest BCUT2D eigenvalue weighted by molar-refractivity contribution is -0.146. The molecule has 0 bridgehead atoms. The molecule has 0 unspecified atom stereocenters. The van der Waals surface area contributed by atoms with E-state index in [0.717, 1.165) is 11.1 Å². The first-order chi connectivity index (χ1) is 20.7. The van der Waals surface area contributed by atoms with Crippen molar-refractivity contribution in [1.29, 1.82) is 0 Å². The molecule has 228 valence electrons. The van der Waals surface area contributed by atoms with Gasteiger partial charge in [-0.05, 0) is 29.0 Å². The van der Waals surface area contributed by atoms with E-state index in [1.165, 1.54) is 7.11 Å².